The highest BCUT2D eigenvalue weighted by Gasteiger charge is 2.35. The van der Waals surface area contributed by atoms with Crippen molar-refractivity contribution in [3.8, 4) is 0 Å². The Kier molecular flexibility index (Phi) is 5.04. The third-order valence-electron chi connectivity index (χ3n) is 6.47. The van der Waals surface area contributed by atoms with Gasteiger partial charge in [0.2, 0.25) is 0 Å². The van der Waals surface area contributed by atoms with Crippen LogP contribution in [0.15, 0.2) is 30.5 Å². The standard InChI is InChI=1S/C23H26F2N4/c24-13-17-6-4-16(5-7-17)8-12-29-20-9-11-28-10-2-1-3-19(28)21(20)22-23(29)26-15-18(14-25)27-22/h4-7,15,19H,1-3,8-14H2. The molecule has 0 N–H and O–H groups in total. The maximum atomic E-state index is 13.3. The molecule has 4 heterocycles. The van der Waals surface area contributed by atoms with Gasteiger partial charge in [-0.25, -0.2) is 18.7 Å². The first-order valence-corrected chi connectivity index (χ1v) is 10.6. The number of rotatable bonds is 5. The van der Waals surface area contributed by atoms with Crippen LogP contribution in [0.1, 0.15) is 53.4 Å². The molecule has 6 heteroatoms. The summed E-state index contributed by atoms with van der Waals surface area (Å²) in [4.78, 5) is 11.9. The van der Waals surface area contributed by atoms with Crippen molar-refractivity contribution in [2.24, 2.45) is 0 Å². The van der Waals surface area contributed by atoms with Gasteiger partial charge in [0, 0.05) is 36.8 Å². The summed E-state index contributed by atoms with van der Waals surface area (Å²) >= 11 is 0. The summed E-state index contributed by atoms with van der Waals surface area (Å²) < 4.78 is 28.4. The highest BCUT2D eigenvalue weighted by atomic mass is 19.1. The summed E-state index contributed by atoms with van der Waals surface area (Å²) in [6.07, 6.45) is 7.02. The molecule has 3 aromatic rings. The van der Waals surface area contributed by atoms with Gasteiger partial charge >= 0.3 is 0 Å². The maximum absolute atomic E-state index is 13.3. The molecule has 5 rings (SSSR count). The Labute approximate surface area is 169 Å². The predicted molar refractivity (Wildman–Crippen MR) is 109 cm³/mol. The van der Waals surface area contributed by atoms with Gasteiger partial charge in [0.05, 0.1) is 11.9 Å². The minimum absolute atomic E-state index is 0.379. The number of benzene rings is 1. The van der Waals surface area contributed by atoms with Crippen LogP contribution in [0.4, 0.5) is 8.78 Å². The zero-order chi connectivity index (χ0) is 19.8. The molecular weight excluding hydrogens is 370 g/mol. The van der Waals surface area contributed by atoms with Gasteiger partial charge < -0.3 is 4.57 Å². The van der Waals surface area contributed by atoms with Gasteiger partial charge in [0.25, 0.3) is 0 Å². The van der Waals surface area contributed by atoms with Crippen LogP contribution in [0.3, 0.4) is 0 Å². The Balaban J connectivity index is 1.54. The van der Waals surface area contributed by atoms with Gasteiger partial charge in [-0.3, -0.25) is 4.90 Å². The van der Waals surface area contributed by atoms with Gasteiger partial charge in [-0.15, -0.1) is 0 Å². The number of hydrogen-bond acceptors (Lipinski definition) is 3. The van der Waals surface area contributed by atoms with Crippen LogP contribution in [0.2, 0.25) is 0 Å². The summed E-state index contributed by atoms with van der Waals surface area (Å²) in [5.74, 6) is 0. The summed E-state index contributed by atoms with van der Waals surface area (Å²) in [5.41, 5.74) is 6.66. The van der Waals surface area contributed by atoms with Gasteiger partial charge in [-0.1, -0.05) is 30.7 Å². The van der Waals surface area contributed by atoms with E-state index in [1.807, 2.05) is 24.3 Å². The minimum Gasteiger partial charge on any atom is -0.328 e. The summed E-state index contributed by atoms with van der Waals surface area (Å²) in [6.45, 7) is 1.98. The average Bonchev–Trinajstić information content (AvgIpc) is 3.11. The Morgan fingerprint density at radius 1 is 1.00 bits per heavy atom. The van der Waals surface area contributed by atoms with E-state index in [0.717, 1.165) is 50.1 Å². The second kappa shape index (κ2) is 7.82. The molecule has 0 radical (unpaired) electrons. The Bertz CT molecular complexity index is 1010. The fourth-order valence-electron chi connectivity index (χ4n) is 5.00. The van der Waals surface area contributed by atoms with Crippen LogP contribution in [0, 0.1) is 0 Å². The number of hydrogen-bond donors (Lipinski definition) is 0. The molecule has 4 nitrogen and oxygen atoms in total. The Hall–Kier alpha value is -2.34. The zero-order valence-electron chi connectivity index (χ0n) is 16.6. The monoisotopic (exact) mass is 396 g/mol. The van der Waals surface area contributed by atoms with E-state index in [1.54, 1.807) is 6.20 Å². The molecule has 0 amide bonds. The topological polar surface area (TPSA) is 34.0 Å². The molecule has 0 bridgehead atoms. The average molecular weight is 396 g/mol. The number of alkyl halides is 2. The fraction of sp³-hybridized carbons (Fsp3) is 0.478. The summed E-state index contributed by atoms with van der Waals surface area (Å²) in [6, 6.07) is 8.09. The van der Waals surface area contributed by atoms with Crippen molar-refractivity contribution in [1.82, 2.24) is 19.4 Å². The molecule has 2 aromatic heterocycles. The molecule has 2 aliphatic rings. The molecule has 1 saturated heterocycles. The van der Waals surface area contributed by atoms with E-state index >= 15 is 0 Å². The normalized spacial score (nSPS) is 19.3. The highest BCUT2D eigenvalue weighted by molar-refractivity contribution is 5.79. The van der Waals surface area contributed by atoms with Crippen molar-refractivity contribution in [2.75, 3.05) is 13.1 Å². The van der Waals surface area contributed by atoms with Crippen LogP contribution in [-0.2, 0) is 32.7 Å². The fourth-order valence-corrected chi connectivity index (χ4v) is 5.00. The number of aryl methyl sites for hydroxylation is 2. The minimum atomic E-state index is -0.585. The van der Waals surface area contributed by atoms with Crippen LogP contribution >= 0.6 is 0 Å². The lowest BCUT2D eigenvalue weighted by molar-refractivity contribution is 0.138. The third kappa shape index (κ3) is 3.33. The maximum Gasteiger partial charge on any atom is 0.159 e. The van der Waals surface area contributed by atoms with E-state index in [4.69, 9.17) is 0 Å². The van der Waals surface area contributed by atoms with E-state index in [1.165, 1.54) is 29.7 Å². The van der Waals surface area contributed by atoms with Gasteiger partial charge in [0.1, 0.15) is 18.9 Å². The number of piperidine rings is 1. The van der Waals surface area contributed by atoms with E-state index in [0.29, 0.717) is 17.3 Å². The Morgan fingerprint density at radius 3 is 2.62 bits per heavy atom. The SMILES string of the molecule is FCc1ccc(CCn2c3c(c4nc(CF)cnc42)C2CCCCN2CC3)cc1. The lowest BCUT2D eigenvalue weighted by Crippen LogP contribution is -2.39. The van der Waals surface area contributed by atoms with Crippen molar-refractivity contribution in [1.29, 1.82) is 0 Å². The first-order chi connectivity index (χ1) is 14.3. The number of aromatic nitrogens is 3. The molecule has 0 aliphatic carbocycles. The number of halogens is 2. The molecule has 2 aliphatic heterocycles. The van der Waals surface area contributed by atoms with Crippen molar-refractivity contribution in [3.05, 3.63) is 58.5 Å². The van der Waals surface area contributed by atoms with E-state index in [-0.39, 0.29) is 0 Å². The second-order valence-corrected chi connectivity index (χ2v) is 8.18. The quantitative estimate of drug-likeness (QED) is 0.627. The van der Waals surface area contributed by atoms with Crippen LogP contribution < -0.4 is 0 Å². The van der Waals surface area contributed by atoms with E-state index < -0.39 is 13.3 Å². The van der Waals surface area contributed by atoms with Crippen molar-refractivity contribution in [2.45, 2.75) is 58.0 Å². The molecule has 0 spiro atoms. The van der Waals surface area contributed by atoms with Crippen molar-refractivity contribution >= 4 is 11.2 Å². The lowest BCUT2D eigenvalue weighted by Gasteiger charge is -2.39. The molecular formula is C23H26F2N4. The molecule has 0 saturated carbocycles. The van der Waals surface area contributed by atoms with Crippen molar-refractivity contribution < 1.29 is 8.78 Å². The predicted octanol–water partition coefficient (Wildman–Crippen LogP) is 4.70. The highest BCUT2D eigenvalue weighted by Crippen LogP contribution is 2.41. The zero-order valence-corrected chi connectivity index (χ0v) is 16.6. The molecule has 1 fully saturated rings. The van der Waals surface area contributed by atoms with Gasteiger partial charge in [-0.05, 0) is 36.9 Å². The molecule has 152 valence electrons. The van der Waals surface area contributed by atoms with Gasteiger partial charge in [0.15, 0.2) is 5.65 Å². The van der Waals surface area contributed by atoms with E-state index in [2.05, 4.69) is 19.4 Å². The molecule has 1 atom stereocenters. The van der Waals surface area contributed by atoms with Crippen LogP contribution in [0.5, 0.6) is 0 Å². The largest absolute Gasteiger partial charge is 0.328 e. The molecule has 1 aromatic carbocycles. The first-order valence-electron chi connectivity index (χ1n) is 10.6. The van der Waals surface area contributed by atoms with Crippen LogP contribution in [0.25, 0.3) is 11.2 Å². The number of fused-ring (bicyclic) bond motifs is 5. The summed E-state index contributed by atoms with van der Waals surface area (Å²) in [5, 5.41) is 0. The van der Waals surface area contributed by atoms with Gasteiger partial charge in [-0.2, -0.15) is 0 Å². The molecule has 1 unspecified atom stereocenters. The second-order valence-electron chi connectivity index (χ2n) is 8.18. The Morgan fingerprint density at radius 2 is 1.83 bits per heavy atom. The number of nitrogens with zero attached hydrogens (tertiary/aromatic N) is 4. The van der Waals surface area contributed by atoms with Crippen molar-refractivity contribution in [3.63, 3.8) is 0 Å². The smallest absolute Gasteiger partial charge is 0.159 e. The molecule has 29 heavy (non-hydrogen) atoms. The van der Waals surface area contributed by atoms with E-state index in [9.17, 15) is 8.78 Å². The third-order valence-corrected chi connectivity index (χ3v) is 6.47. The lowest BCUT2D eigenvalue weighted by atomic mass is 9.90. The first kappa shape index (κ1) is 18.7. The van der Waals surface area contributed by atoms with Crippen LogP contribution in [-0.4, -0.2) is 32.5 Å². The summed E-state index contributed by atoms with van der Waals surface area (Å²) in [7, 11) is 0.